The summed E-state index contributed by atoms with van der Waals surface area (Å²) in [4.78, 5) is 15.6. The fourth-order valence-corrected chi connectivity index (χ4v) is 18.7. The molecule has 6 aliphatic rings. The van der Waals surface area contributed by atoms with E-state index >= 15 is 0 Å². The summed E-state index contributed by atoms with van der Waals surface area (Å²) in [7, 11) is -1.98. The van der Waals surface area contributed by atoms with E-state index in [1.165, 1.54) is 85.7 Å². The largest absolute Gasteiger partial charge is 0.208 e. The molecule has 1 spiro atoms. The summed E-state index contributed by atoms with van der Waals surface area (Å²) in [6, 6.07) is 56.5. The quantitative estimate of drug-likeness (QED) is 0.166. The molecule has 15 rings (SSSR count). The van der Waals surface area contributed by atoms with E-state index in [9.17, 15) is 0 Å². The number of rotatable bonds is 4. The Bertz CT molecular complexity index is 3320. The summed E-state index contributed by atoms with van der Waals surface area (Å²) in [5.74, 6) is 5.24. The van der Waals surface area contributed by atoms with Crippen LogP contribution in [0, 0.1) is 23.7 Å². The van der Waals surface area contributed by atoms with Gasteiger partial charge in [-0.25, -0.2) is 15.0 Å². The van der Waals surface area contributed by atoms with Gasteiger partial charge in [0.05, 0.1) is 0 Å². The van der Waals surface area contributed by atoms with Crippen molar-refractivity contribution in [2.45, 2.75) is 50.6 Å². The highest BCUT2D eigenvalue weighted by Crippen LogP contribution is 2.70. The van der Waals surface area contributed by atoms with Gasteiger partial charge in [-0.1, -0.05) is 153 Å². The predicted molar refractivity (Wildman–Crippen MR) is 260 cm³/mol. The number of aromatic nitrogens is 3. The maximum absolute atomic E-state index is 5.28. The second-order valence-electron chi connectivity index (χ2n) is 19.5. The molecular formula is C57H45N3SSi. The summed E-state index contributed by atoms with van der Waals surface area (Å²) < 4.78 is 2.48. The fourth-order valence-electron chi connectivity index (χ4n) is 13.9. The molecule has 5 aliphatic carbocycles. The number of benzene rings is 7. The molecule has 0 N–H and O–H groups in total. The molecule has 3 nitrogen and oxygen atoms in total. The van der Waals surface area contributed by atoms with E-state index in [2.05, 4.69) is 159 Å². The first-order valence-corrected chi connectivity index (χ1v) is 26.5. The van der Waals surface area contributed by atoms with Gasteiger partial charge in [-0.15, -0.1) is 11.3 Å². The van der Waals surface area contributed by atoms with Crippen molar-refractivity contribution in [2.75, 3.05) is 0 Å². The number of nitrogens with zero attached hydrogens (tertiary/aromatic N) is 3. The smallest absolute Gasteiger partial charge is 0.165 e. The van der Waals surface area contributed by atoms with Crippen LogP contribution in [-0.2, 0) is 5.41 Å². The molecule has 9 aromatic rings. The second kappa shape index (κ2) is 12.8. The van der Waals surface area contributed by atoms with Gasteiger partial charge in [0.2, 0.25) is 0 Å². The molecule has 3 heterocycles. The fraction of sp³-hybridized carbons (Fsp3) is 0.211. The third-order valence-corrected chi connectivity index (χ3v) is 20.9. The van der Waals surface area contributed by atoms with Crippen molar-refractivity contribution in [2.24, 2.45) is 23.7 Å². The average Bonchev–Trinajstić information content (AvgIpc) is 3.92. The molecule has 0 atom stereocenters. The summed E-state index contributed by atoms with van der Waals surface area (Å²) in [5, 5.41) is 5.87. The first-order valence-electron chi connectivity index (χ1n) is 22.7. The molecule has 0 radical (unpaired) electrons. The third kappa shape index (κ3) is 4.73. The lowest BCUT2D eigenvalue weighted by Crippen LogP contribution is -2.60. The molecule has 4 saturated carbocycles. The Hall–Kier alpha value is -6.01. The average molecular weight is 832 g/mol. The summed E-state index contributed by atoms with van der Waals surface area (Å²) in [6.45, 7) is 5.28. The van der Waals surface area contributed by atoms with Crippen molar-refractivity contribution >= 4 is 50.0 Å². The molecule has 1 aliphatic heterocycles. The molecule has 62 heavy (non-hydrogen) atoms. The van der Waals surface area contributed by atoms with Crippen molar-refractivity contribution in [3.63, 3.8) is 0 Å². The molecule has 4 fully saturated rings. The van der Waals surface area contributed by atoms with Crippen LogP contribution in [0.5, 0.6) is 0 Å². The summed E-state index contributed by atoms with van der Waals surface area (Å²) in [5.41, 5.74) is 15.2. The lowest BCUT2D eigenvalue weighted by atomic mass is 9.42. The van der Waals surface area contributed by atoms with Crippen LogP contribution < -0.4 is 10.4 Å². The van der Waals surface area contributed by atoms with E-state index in [4.69, 9.17) is 15.0 Å². The van der Waals surface area contributed by atoms with Crippen LogP contribution in [0.4, 0.5) is 0 Å². The van der Waals surface area contributed by atoms with Crippen LogP contribution in [0.25, 0.3) is 87.7 Å². The van der Waals surface area contributed by atoms with Gasteiger partial charge in [0, 0.05) is 42.3 Å². The van der Waals surface area contributed by atoms with Crippen LogP contribution in [0.3, 0.4) is 0 Å². The zero-order valence-corrected chi connectivity index (χ0v) is 36.8. The van der Waals surface area contributed by atoms with E-state index in [-0.39, 0.29) is 5.41 Å². The van der Waals surface area contributed by atoms with Crippen LogP contribution in [0.1, 0.15) is 43.2 Å². The van der Waals surface area contributed by atoms with Gasteiger partial charge < -0.3 is 0 Å². The SMILES string of the molecule is C[Si]1(C)c2ccccc2-c2ccc3c(c21)C1(c2c(-c4ccc(-c5nc(-c6ccccc6)nc(-c6cccc7c6sc6ccccc67)n5)cc4)cccc2-3)C2CC3CC(C2)CC1C3. The molecule has 2 aromatic heterocycles. The molecular weight excluding hydrogens is 787 g/mol. The van der Waals surface area contributed by atoms with E-state index in [1.807, 2.05) is 17.4 Å². The highest BCUT2D eigenvalue weighted by molar-refractivity contribution is 7.26. The van der Waals surface area contributed by atoms with Crippen molar-refractivity contribution in [3.8, 4) is 67.5 Å². The molecule has 0 amide bonds. The number of fused-ring (bicyclic) bond motifs is 10. The molecule has 0 saturated heterocycles. The van der Waals surface area contributed by atoms with Crippen LogP contribution >= 0.6 is 11.3 Å². The highest BCUT2D eigenvalue weighted by atomic mass is 32.1. The summed E-state index contributed by atoms with van der Waals surface area (Å²) >= 11 is 1.81. The number of hydrogen-bond acceptors (Lipinski definition) is 4. The first kappa shape index (κ1) is 35.6. The second-order valence-corrected chi connectivity index (χ2v) is 24.9. The minimum Gasteiger partial charge on any atom is -0.208 e. The molecule has 0 unspecified atom stereocenters. The zero-order chi connectivity index (χ0) is 40.9. The van der Waals surface area contributed by atoms with Gasteiger partial charge in [-0.3, -0.25) is 0 Å². The van der Waals surface area contributed by atoms with Crippen LogP contribution in [-0.4, -0.2) is 23.0 Å². The molecule has 298 valence electrons. The van der Waals surface area contributed by atoms with Gasteiger partial charge in [-0.05, 0) is 123 Å². The number of thiophene rings is 1. The first-order chi connectivity index (χ1) is 30.4. The standard InChI is InChI=1S/C57H45N3SSi/c1-62(2)49-21-9-7-15-42(49)46-27-26-44-43-17-10-16-40(50(43)57(51(44)53(46)62)38-29-33-28-34(31-38)32-39(57)30-33)35-22-24-37(25-23-35)55-58-54(36-12-4-3-5-13-36)59-56(60-55)47-19-11-18-45-41-14-6-8-20-48(41)61-52(45)47/h3-27,33-34,38-39H,28-32H2,1-2H3. The minimum atomic E-state index is -1.98. The Balaban J connectivity index is 0.936. The number of hydrogen-bond donors (Lipinski definition) is 0. The monoisotopic (exact) mass is 831 g/mol. The Morgan fingerprint density at radius 2 is 1.02 bits per heavy atom. The van der Waals surface area contributed by atoms with E-state index in [0.717, 1.165) is 28.5 Å². The maximum atomic E-state index is 5.28. The Morgan fingerprint density at radius 3 is 1.81 bits per heavy atom. The van der Waals surface area contributed by atoms with Gasteiger partial charge in [0.25, 0.3) is 0 Å². The van der Waals surface area contributed by atoms with Gasteiger partial charge in [-0.2, -0.15) is 0 Å². The minimum absolute atomic E-state index is 0.0479. The third-order valence-electron chi connectivity index (χ3n) is 16.1. The van der Waals surface area contributed by atoms with E-state index < -0.39 is 8.07 Å². The van der Waals surface area contributed by atoms with Crippen LogP contribution in [0.2, 0.25) is 13.1 Å². The van der Waals surface area contributed by atoms with E-state index in [1.54, 1.807) is 21.5 Å². The Labute approximate surface area is 367 Å². The van der Waals surface area contributed by atoms with Crippen molar-refractivity contribution < 1.29 is 0 Å². The summed E-state index contributed by atoms with van der Waals surface area (Å²) in [6.07, 6.45) is 6.95. The predicted octanol–water partition coefficient (Wildman–Crippen LogP) is 13.4. The molecule has 4 bridgehead atoms. The highest BCUT2D eigenvalue weighted by Gasteiger charge is 2.64. The molecule has 5 heteroatoms. The van der Waals surface area contributed by atoms with Gasteiger partial charge in [0.1, 0.15) is 8.07 Å². The van der Waals surface area contributed by atoms with E-state index in [0.29, 0.717) is 29.3 Å². The lowest BCUT2D eigenvalue weighted by molar-refractivity contribution is -0.0393. The lowest BCUT2D eigenvalue weighted by Gasteiger charge is -2.62. The zero-order valence-electron chi connectivity index (χ0n) is 35.0. The molecule has 7 aromatic carbocycles. The van der Waals surface area contributed by atoms with Gasteiger partial charge >= 0.3 is 0 Å². The van der Waals surface area contributed by atoms with Crippen molar-refractivity contribution in [1.82, 2.24) is 15.0 Å². The maximum Gasteiger partial charge on any atom is 0.165 e. The van der Waals surface area contributed by atoms with Crippen molar-refractivity contribution in [3.05, 3.63) is 163 Å². The Kier molecular flexibility index (Phi) is 7.33. The van der Waals surface area contributed by atoms with Crippen LogP contribution in [0.15, 0.2) is 152 Å². The van der Waals surface area contributed by atoms with Gasteiger partial charge in [0.15, 0.2) is 17.5 Å². The normalized spacial score (nSPS) is 23.2. The topological polar surface area (TPSA) is 38.7 Å². The van der Waals surface area contributed by atoms with Crippen molar-refractivity contribution in [1.29, 1.82) is 0 Å². The Morgan fingerprint density at radius 1 is 0.452 bits per heavy atom.